The van der Waals surface area contributed by atoms with Gasteiger partial charge < -0.3 is 9.71 Å². The SMILES string of the molecule is Cc1cc2c(cc1N1B3c4ccc(-c5ccccc5)cc4N(c4cc5c(cc4C)C(C)(C)CCC5(C)C)c4cccc(c43)-c3cc(-c4ccccc4)ccc31)C(C)(C)CCC2(C)C. The van der Waals surface area contributed by atoms with Gasteiger partial charge in [-0.1, -0.05) is 159 Å². The number of nitrogens with zero attached hydrogens (tertiary/aromatic N) is 2. The van der Waals surface area contributed by atoms with Crippen molar-refractivity contribution in [1.29, 1.82) is 0 Å². The number of hydrogen-bond donors (Lipinski definition) is 0. The van der Waals surface area contributed by atoms with Crippen LogP contribution in [-0.4, -0.2) is 6.85 Å². The highest BCUT2D eigenvalue weighted by Gasteiger charge is 2.47. The highest BCUT2D eigenvalue weighted by molar-refractivity contribution is 6.93. The Kier molecular flexibility index (Phi) is 8.80. The summed E-state index contributed by atoms with van der Waals surface area (Å²) in [6.45, 7) is 24.3. The van der Waals surface area contributed by atoms with E-state index in [0.29, 0.717) is 0 Å². The van der Waals surface area contributed by atoms with E-state index in [-0.39, 0.29) is 28.5 Å². The van der Waals surface area contributed by atoms with E-state index in [2.05, 4.69) is 218 Å². The second-order valence-electron chi connectivity index (χ2n) is 22.0. The molecule has 4 aliphatic rings. The van der Waals surface area contributed by atoms with E-state index < -0.39 is 0 Å². The second-order valence-corrected chi connectivity index (χ2v) is 22.0. The van der Waals surface area contributed by atoms with Crippen LogP contribution in [0, 0.1) is 13.8 Å². The van der Waals surface area contributed by atoms with Crippen LogP contribution in [0.2, 0.25) is 0 Å². The monoisotopic (exact) mass is 820 g/mol. The fraction of sp³-hybridized carbons (Fsp3) is 0.300. The Labute approximate surface area is 377 Å². The highest BCUT2D eigenvalue weighted by Crippen LogP contribution is 2.54. The molecule has 0 unspecified atom stereocenters. The number of aryl methyl sites for hydroxylation is 2. The van der Waals surface area contributed by atoms with Crippen LogP contribution in [0.25, 0.3) is 33.4 Å². The van der Waals surface area contributed by atoms with Crippen LogP contribution < -0.4 is 20.6 Å². The Morgan fingerprint density at radius 1 is 0.381 bits per heavy atom. The lowest BCUT2D eigenvalue weighted by molar-refractivity contribution is 0.332. The van der Waals surface area contributed by atoms with Crippen molar-refractivity contribution < 1.29 is 0 Å². The fourth-order valence-corrected chi connectivity index (χ4v) is 12.0. The lowest BCUT2D eigenvalue weighted by Gasteiger charge is -2.48. The largest absolute Gasteiger partial charge is 0.376 e. The molecule has 2 nitrogen and oxygen atoms in total. The van der Waals surface area contributed by atoms with Gasteiger partial charge in [0.2, 0.25) is 0 Å². The van der Waals surface area contributed by atoms with Crippen molar-refractivity contribution in [2.24, 2.45) is 0 Å². The molecule has 7 aromatic carbocycles. The summed E-state index contributed by atoms with van der Waals surface area (Å²) in [5.41, 5.74) is 25.7. The third kappa shape index (κ3) is 6.12. The first-order chi connectivity index (χ1) is 30.0. The minimum atomic E-state index is -0.0490. The van der Waals surface area contributed by atoms with Gasteiger partial charge in [0.1, 0.15) is 0 Å². The molecule has 7 aromatic rings. The zero-order valence-electron chi connectivity index (χ0n) is 39.1. The van der Waals surface area contributed by atoms with E-state index in [1.165, 1.54) is 132 Å². The first-order valence-electron chi connectivity index (χ1n) is 23.5. The van der Waals surface area contributed by atoms with Crippen molar-refractivity contribution in [2.75, 3.05) is 9.71 Å². The van der Waals surface area contributed by atoms with Crippen LogP contribution in [0.4, 0.5) is 28.4 Å². The summed E-state index contributed by atoms with van der Waals surface area (Å²) in [5, 5.41) is 0. The quantitative estimate of drug-likeness (QED) is 0.163. The first kappa shape index (κ1) is 40.0. The summed E-state index contributed by atoms with van der Waals surface area (Å²) < 4.78 is 0. The molecule has 0 saturated carbocycles. The maximum absolute atomic E-state index is 2.74. The van der Waals surface area contributed by atoms with Crippen molar-refractivity contribution in [2.45, 2.75) is 117 Å². The van der Waals surface area contributed by atoms with Gasteiger partial charge in [-0.15, -0.1) is 0 Å². The third-order valence-corrected chi connectivity index (χ3v) is 16.0. The summed E-state index contributed by atoms with van der Waals surface area (Å²) in [4.78, 5) is 5.40. The van der Waals surface area contributed by atoms with E-state index >= 15 is 0 Å². The van der Waals surface area contributed by atoms with Gasteiger partial charge in [0.15, 0.2) is 0 Å². The molecule has 3 heteroatoms. The maximum atomic E-state index is 2.74. The van der Waals surface area contributed by atoms with Crippen LogP contribution in [0.1, 0.15) is 114 Å². The maximum Gasteiger partial charge on any atom is 0.333 e. The zero-order valence-corrected chi connectivity index (χ0v) is 39.1. The van der Waals surface area contributed by atoms with Gasteiger partial charge in [0, 0.05) is 34.0 Å². The molecule has 0 radical (unpaired) electrons. The van der Waals surface area contributed by atoms with E-state index in [0.717, 1.165) is 0 Å². The number of rotatable bonds is 4. The molecule has 2 aliphatic heterocycles. The molecule has 0 aromatic heterocycles. The van der Waals surface area contributed by atoms with Crippen molar-refractivity contribution in [3.63, 3.8) is 0 Å². The molecule has 0 atom stereocenters. The number of benzene rings is 7. The minimum absolute atomic E-state index is 0.0490. The van der Waals surface area contributed by atoms with Crippen LogP contribution in [-0.2, 0) is 21.7 Å². The minimum Gasteiger partial charge on any atom is -0.376 e. The summed E-state index contributed by atoms with van der Waals surface area (Å²) in [6, 6.07) is 53.9. The second kappa shape index (κ2) is 13.9. The molecule has 0 fully saturated rings. The lowest BCUT2D eigenvalue weighted by atomic mass is 9.43. The van der Waals surface area contributed by atoms with Gasteiger partial charge in [-0.2, -0.15) is 0 Å². The molecule has 0 spiro atoms. The van der Waals surface area contributed by atoms with Gasteiger partial charge in [0.05, 0.1) is 0 Å². The molecule has 63 heavy (non-hydrogen) atoms. The van der Waals surface area contributed by atoms with Crippen molar-refractivity contribution in [1.82, 2.24) is 0 Å². The van der Waals surface area contributed by atoms with Gasteiger partial charge in [-0.05, 0) is 170 Å². The third-order valence-electron chi connectivity index (χ3n) is 16.0. The Morgan fingerprint density at radius 2 is 0.873 bits per heavy atom. The summed E-state index contributed by atoms with van der Waals surface area (Å²) in [7, 11) is 0. The Hall–Kier alpha value is -5.80. The molecular weight excluding hydrogens is 759 g/mol. The Balaban J connectivity index is 1.23. The standard InChI is InChI=1S/C60H61BN2/c1-38-32-46-48(59(7,8)30-28-57(46,3)4)36-53(38)62-52-23-17-22-44-45-34-42(40-18-13-11-14-19-40)25-27-51(45)63(54-37-49-47(33-39(54)2)58(5,6)29-31-60(49,9)10)61(56(44)52)50-26-24-43(35-55(50)62)41-20-15-12-16-21-41/h11-27,32-37H,28-31H2,1-10H3. The fourth-order valence-electron chi connectivity index (χ4n) is 12.0. The molecular formula is C60H61BN2. The molecule has 2 aliphatic carbocycles. The molecule has 0 N–H and O–H groups in total. The van der Waals surface area contributed by atoms with Gasteiger partial charge in [-0.25, -0.2) is 0 Å². The molecule has 0 saturated heterocycles. The number of anilines is 5. The van der Waals surface area contributed by atoms with Crippen LogP contribution in [0.3, 0.4) is 0 Å². The summed E-state index contributed by atoms with van der Waals surface area (Å²) >= 11 is 0. The summed E-state index contributed by atoms with van der Waals surface area (Å²) in [6.07, 6.45) is 4.75. The molecule has 0 bridgehead atoms. The zero-order chi connectivity index (χ0) is 43.8. The first-order valence-corrected chi connectivity index (χ1v) is 23.5. The molecule has 11 rings (SSSR count). The lowest BCUT2D eigenvalue weighted by Crippen LogP contribution is -2.61. The topological polar surface area (TPSA) is 6.48 Å². The average Bonchev–Trinajstić information content (AvgIpc) is 3.27. The molecule has 2 heterocycles. The van der Waals surface area contributed by atoms with Crippen molar-refractivity contribution >= 4 is 46.2 Å². The van der Waals surface area contributed by atoms with Crippen LogP contribution >= 0.6 is 0 Å². The molecule has 0 amide bonds. The van der Waals surface area contributed by atoms with Crippen molar-refractivity contribution in [3.8, 4) is 33.4 Å². The van der Waals surface area contributed by atoms with Crippen LogP contribution in [0.15, 0.2) is 140 Å². The van der Waals surface area contributed by atoms with Gasteiger partial charge in [0.25, 0.3) is 0 Å². The van der Waals surface area contributed by atoms with Crippen molar-refractivity contribution in [3.05, 3.63) is 173 Å². The predicted octanol–water partition coefficient (Wildman–Crippen LogP) is 15.0. The van der Waals surface area contributed by atoms with E-state index in [1.807, 2.05) is 0 Å². The van der Waals surface area contributed by atoms with Crippen LogP contribution in [0.5, 0.6) is 0 Å². The van der Waals surface area contributed by atoms with E-state index in [1.54, 1.807) is 0 Å². The normalized spacial score (nSPS) is 18.2. The molecule has 314 valence electrons. The Morgan fingerprint density at radius 3 is 1.44 bits per heavy atom. The van der Waals surface area contributed by atoms with Gasteiger partial charge in [-0.3, -0.25) is 0 Å². The van der Waals surface area contributed by atoms with E-state index in [9.17, 15) is 0 Å². The smallest absolute Gasteiger partial charge is 0.333 e. The highest BCUT2D eigenvalue weighted by atomic mass is 15.2. The number of hydrogen-bond acceptors (Lipinski definition) is 2. The average molecular weight is 821 g/mol. The van der Waals surface area contributed by atoms with Gasteiger partial charge >= 0.3 is 6.85 Å². The number of fused-ring (bicyclic) bond motifs is 6. The van der Waals surface area contributed by atoms with E-state index in [4.69, 9.17) is 0 Å². The summed E-state index contributed by atoms with van der Waals surface area (Å²) in [5.74, 6) is 0. The Bertz CT molecular complexity index is 2990. The predicted molar refractivity (Wildman–Crippen MR) is 271 cm³/mol.